The number of piperidine rings is 1. The zero-order valence-corrected chi connectivity index (χ0v) is 11.7. The fourth-order valence-electron chi connectivity index (χ4n) is 3.08. The smallest absolute Gasteiger partial charge is 0.310 e. The molecule has 2 fully saturated rings. The summed E-state index contributed by atoms with van der Waals surface area (Å²) < 4.78 is 30.9. The Morgan fingerprint density at radius 1 is 1.15 bits per heavy atom. The standard InChI is InChI=1S/C14H21F2NO3/c1-20-13(19)11-3-2-8-17(9-11)12(18)10-4-6-14(15,16)7-5-10/h10-11H,2-9H2,1H3. The van der Waals surface area contributed by atoms with Gasteiger partial charge in [-0.15, -0.1) is 0 Å². The Kier molecular flexibility index (Phi) is 4.60. The van der Waals surface area contributed by atoms with Crippen molar-refractivity contribution in [3.63, 3.8) is 0 Å². The molecule has 1 heterocycles. The summed E-state index contributed by atoms with van der Waals surface area (Å²) in [6.07, 6.45) is 1.54. The van der Waals surface area contributed by atoms with Crippen LogP contribution < -0.4 is 0 Å². The minimum Gasteiger partial charge on any atom is -0.469 e. The predicted molar refractivity (Wildman–Crippen MR) is 68.2 cm³/mol. The minimum absolute atomic E-state index is 0.0749. The van der Waals surface area contributed by atoms with Gasteiger partial charge in [-0.25, -0.2) is 8.78 Å². The predicted octanol–water partition coefficient (Wildman–Crippen LogP) is 2.22. The molecule has 0 bridgehead atoms. The Labute approximate surface area is 117 Å². The molecule has 1 saturated carbocycles. The van der Waals surface area contributed by atoms with E-state index < -0.39 is 5.92 Å². The fraction of sp³-hybridized carbons (Fsp3) is 0.857. The first-order valence-corrected chi connectivity index (χ1v) is 7.17. The molecule has 0 aromatic rings. The van der Waals surface area contributed by atoms with Gasteiger partial charge >= 0.3 is 5.97 Å². The fourth-order valence-corrected chi connectivity index (χ4v) is 3.08. The number of methoxy groups -OCH3 is 1. The molecule has 0 aromatic heterocycles. The quantitative estimate of drug-likeness (QED) is 0.732. The van der Waals surface area contributed by atoms with Crippen LogP contribution in [0.2, 0.25) is 0 Å². The molecule has 0 N–H and O–H groups in total. The van der Waals surface area contributed by atoms with Gasteiger partial charge in [0.15, 0.2) is 0 Å². The van der Waals surface area contributed by atoms with Crippen LogP contribution in [0, 0.1) is 11.8 Å². The summed E-state index contributed by atoms with van der Waals surface area (Å²) in [4.78, 5) is 25.5. The van der Waals surface area contributed by atoms with Gasteiger partial charge in [-0.2, -0.15) is 0 Å². The Hall–Kier alpha value is -1.20. The third-order valence-electron chi connectivity index (χ3n) is 4.33. The van der Waals surface area contributed by atoms with Gasteiger partial charge in [0.05, 0.1) is 13.0 Å². The molecule has 1 amide bonds. The van der Waals surface area contributed by atoms with Gasteiger partial charge in [-0.3, -0.25) is 9.59 Å². The van der Waals surface area contributed by atoms with Crippen molar-refractivity contribution in [2.75, 3.05) is 20.2 Å². The molecule has 0 radical (unpaired) electrons. The summed E-state index contributed by atoms with van der Waals surface area (Å²) in [6, 6.07) is 0. The van der Waals surface area contributed by atoms with E-state index in [1.807, 2.05) is 0 Å². The molecule has 114 valence electrons. The molecule has 2 rings (SSSR count). The van der Waals surface area contributed by atoms with E-state index in [-0.39, 0.29) is 49.4 Å². The first kappa shape index (κ1) is 15.2. The van der Waals surface area contributed by atoms with Gasteiger partial charge in [0.2, 0.25) is 11.8 Å². The number of esters is 1. The number of alkyl halides is 2. The van der Waals surface area contributed by atoms with Crippen molar-refractivity contribution in [3.8, 4) is 0 Å². The number of ether oxygens (including phenoxy) is 1. The van der Waals surface area contributed by atoms with Crippen LogP contribution >= 0.6 is 0 Å². The second-order valence-corrected chi connectivity index (χ2v) is 5.78. The van der Waals surface area contributed by atoms with Crippen LogP contribution in [-0.4, -0.2) is 42.9 Å². The summed E-state index contributed by atoms with van der Waals surface area (Å²) in [5, 5.41) is 0. The molecule has 1 saturated heterocycles. The Balaban J connectivity index is 1.91. The van der Waals surface area contributed by atoms with E-state index in [9.17, 15) is 18.4 Å². The molecule has 1 unspecified atom stereocenters. The average molecular weight is 289 g/mol. The van der Waals surface area contributed by atoms with Crippen molar-refractivity contribution in [2.45, 2.75) is 44.4 Å². The van der Waals surface area contributed by atoms with Crippen molar-refractivity contribution in [2.24, 2.45) is 11.8 Å². The lowest BCUT2D eigenvalue weighted by Crippen LogP contribution is -2.46. The maximum absolute atomic E-state index is 13.1. The number of carbonyl (C=O) groups is 2. The second-order valence-electron chi connectivity index (χ2n) is 5.78. The van der Waals surface area contributed by atoms with Crippen LogP contribution in [0.15, 0.2) is 0 Å². The zero-order valence-electron chi connectivity index (χ0n) is 11.7. The largest absolute Gasteiger partial charge is 0.469 e. The van der Waals surface area contributed by atoms with Crippen LogP contribution in [0.25, 0.3) is 0 Å². The molecule has 4 nitrogen and oxygen atoms in total. The van der Waals surface area contributed by atoms with Crippen molar-refractivity contribution >= 4 is 11.9 Å². The first-order valence-electron chi connectivity index (χ1n) is 7.17. The Morgan fingerprint density at radius 2 is 1.80 bits per heavy atom. The SMILES string of the molecule is COC(=O)C1CCCN(C(=O)C2CCC(F)(F)CC2)C1. The van der Waals surface area contributed by atoms with E-state index in [0.717, 1.165) is 12.8 Å². The highest BCUT2D eigenvalue weighted by Crippen LogP contribution is 2.37. The summed E-state index contributed by atoms with van der Waals surface area (Å²) in [6.45, 7) is 0.970. The number of hydrogen-bond acceptors (Lipinski definition) is 3. The Morgan fingerprint density at radius 3 is 2.40 bits per heavy atom. The minimum atomic E-state index is -2.62. The molecule has 1 aliphatic heterocycles. The third-order valence-corrected chi connectivity index (χ3v) is 4.33. The molecule has 6 heteroatoms. The second kappa shape index (κ2) is 6.06. The van der Waals surface area contributed by atoms with E-state index in [1.165, 1.54) is 7.11 Å². The van der Waals surface area contributed by atoms with Crippen LogP contribution in [0.1, 0.15) is 38.5 Å². The molecule has 0 spiro atoms. The van der Waals surface area contributed by atoms with Gasteiger partial charge in [-0.1, -0.05) is 0 Å². The van der Waals surface area contributed by atoms with Crippen molar-refractivity contribution in [1.29, 1.82) is 0 Å². The van der Waals surface area contributed by atoms with E-state index in [0.29, 0.717) is 13.1 Å². The normalized spacial score (nSPS) is 27.1. The molecule has 1 aliphatic carbocycles. The Bertz CT molecular complexity index is 377. The van der Waals surface area contributed by atoms with Gasteiger partial charge in [0.25, 0.3) is 0 Å². The molecular weight excluding hydrogens is 268 g/mol. The number of halogens is 2. The monoisotopic (exact) mass is 289 g/mol. The van der Waals surface area contributed by atoms with Gasteiger partial charge in [0, 0.05) is 31.8 Å². The maximum Gasteiger partial charge on any atom is 0.310 e. The lowest BCUT2D eigenvalue weighted by Gasteiger charge is -2.36. The maximum atomic E-state index is 13.1. The highest BCUT2D eigenvalue weighted by Gasteiger charge is 2.39. The van der Waals surface area contributed by atoms with E-state index >= 15 is 0 Å². The summed E-state index contributed by atoms with van der Waals surface area (Å²) in [7, 11) is 1.34. The van der Waals surface area contributed by atoms with Crippen LogP contribution in [0.3, 0.4) is 0 Å². The first-order chi connectivity index (χ1) is 9.43. The van der Waals surface area contributed by atoms with Gasteiger partial charge < -0.3 is 9.64 Å². The van der Waals surface area contributed by atoms with Crippen molar-refractivity contribution < 1.29 is 23.1 Å². The third kappa shape index (κ3) is 3.46. The topological polar surface area (TPSA) is 46.6 Å². The van der Waals surface area contributed by atoms with Crippen LogP contribution in [0.4, 0.5) is 8.78 Å². The van der Waals surface area contributed by atoms with Crippen molar-refractivity contribution in [3.05, 3.63) is 0 Å². The number of likely N-dealkylation sites (tertiary alicyclic amines) is 1. The number of rotatable bonds is 2. The number of hydrogen-bond donors (Lipinski definition) is 0. The summed E-state index contributed by atoms with van der Waals surface area (Å²) >= 11 is 0. The van der Waals surface area contributed by atoms with Gasteiger partial charge in [0.1, 0.15) is 0 Å². The van der Waals surface area contributed by atoms with E-state index in [4.69, 9.17) is 4.74 Å². The lowest BCUT2D eigenvalue weighted by molar-refractivity contribution is -0.150. The zero-order chi connectivity index (χ0) is 14.8. The molecule has 1 atom stereocenters. The number of nitrogens with zero attached hydrogens (tertiary/aromatic N) is 1. The van der Waals surface area contributed by atoms with Gasteiger partial charge in [-0.05, 0) is 25.7 Å². The van der Waals surface area contributed by atoms with Crippen LogP contribution in [-0.2, 0) is 14.3 Å². The summed E-state index contributed by atoms with van der Waals surface area (Å²) in [5.74, 6) is -3.58. The average Bonchev–Trinajstić information content (AvgIpc) is 2.46. The lowest BCUT2D eigenvalue weighted by atomic mass is 9.85. The molecular formula is C14H21F2NO3. The van der Waals surface area contributed by atoms with Crippen molar-refractivity contribution in [1.82, 2.24) is 4.90 Å². The number of amides is 1. The van der Waals surface area contributed by atoms with Crippen LogP contribution in [0.5, 0.6) is 0 Å². The molecule has 0 aromatic carbocycles. The highest BCUT2D eigenvalue weighted by molar-refractivity contribution is 5.80. The number of carbonyl (C=O) groups excluding carboxylic acids is 2. The molecule has 20 heavy (non-hydrogen) atoms. The van der Waals surface area contributed by atoms with E-state index in [2.05, 4.69) is 0 Å². The molecule has 2 aliphatic rings. The highest BCUT2D eigenvalue weighted by atomic mass is 19.3. The van der Waals surface area contributed by atoms with E-state index in [1.54, 1.807) is 4.90 Å². The summed E-state index contributed by atoms with van der Waals surface area (Å²) in [5.41, 5.74) is 0.